The number of para-hydroxylation sites is 1. The first-order valence-corrected chi connectivity index (χ1v) is 14.1. The molecule has 1 aliphatic heterocycles. The summed E-state index contributed by atoms with van der Waals surface area (Å²) in [6, 6.07) is 20.1. The fourth-order valence-electron chi connectivity index (χ4n) is 5.62. The van der Waals surface area contributed by atoms with Gasteiger partial charge in [0.05, 0.1) is 17.9 Å². The van der Waals surface area contributed by atoms with Crippen LogP contribution in [-0.4, -0.2) is 16.2 Å². The van der Waals surface area contributed by atoms with Gasteiger partial charge in [-0.3, -0.25) is 4.79 Å². The van der Waals surface area contributed by atoms with Gasteiger partial charge in [0.25, 0.3) is 0 Å². The zero-order valence-corrected chi connectivity index (χ0v) is 23.8. The van der Waals surface area contributed by atoms with E-state index in [1.807, 2.05) is 57.2 Å². The second-order valence-corrected chi connectivity index (χ2v) is 11.5. The van der Waals surface area contributed by atoms with E-state index in [1.54, 1.807) is 0 Å². The topological polar surface area (TPSA) is 94.0 Å². The molecule has 0 bridgehead atoms. The minimum absolute atomic E-state index is 0.153. The Bertz CT molecular complexity index is 1460. The predicted molar refractivity (Wildman–Crippen MR) is 156 cm³/mol. The zero-order chi connectivity index (χ0) is 28.2. The van der Waals surface area contributed by atoms with Crippen LogP contribution in [0.5, 0.6) is 0 Å². The maximum absolute atomic E-state index is 13.7. The molecule has 1 aromatic heterocycles. The van der Waals surface area contributed by atoms with Crippen LogP contribution in [0.3, 0.4) is 0 Å². The molecule has 1 amide bonds. The van der Waals surface area contributed by atoms with Crippen molar-refractivity contribution in [2.45, 2.75) is 85.4 Å². The number of hydrogen-bond donors (Lipinski definition) is 1. The number of aromatic nitrogens is 1. The van der Waals surface area contributed by atoms with Crippen molar-refractivity contribution in [3.8, 4) is 12.1 Å². The lowest BCUT2D eigenvalue weighted by molar-refractivity contribution is -0.130. The molecule has 202 valence electrons. The minimum atomic E-state index is -1.25. The van der Waals surface area contributed by atoms with Gasteiger partial charge in [-0.2, -0.15) is 10.5 Å². The summed E-state index contributed by atoms with van der Waals surface area (Å²) in [7, 11) is 0. The van der Waals surface area contributed by atoms with Crippen molar-refractivity contribution in [3.05, 3.63) is 70.9 Å². The molecule has 6 heteroatoms. The lowest BCUT2D eigenvalue weighted by Gasteiger charge is -2.33. The predicted octanol–water partition coefficient (Wildman–Crippen LogP) is 7.14. The number of benzene rings is 2. The molecular formula is C33H39N5O. The van der Waals surface area contributed by atoms with Gasteiger partial charge in [0.15, 0.2) is 11.6 Å². The molecule has 1 unspecified atom stereocenters. The molecule has 4 rings (SSSR count). The van der Waals surface area contributed by atoms with E-state index < -0.39 is 17.0 Å². The number of hydrogen-bond acceptors (Lipinski definition) is 4. The molecule has 39 heavy (non-hydrogen) atoms. The number of nitriles is 2. The van der Waals surface area contributed by atoms with E-state index in [0.717, 1.165) is 46.3 Å². The molecule has 1 N–H and O–H groups in total. The first-order chi connectivity index (χ1) is 18.7. The highest BCUT2D eigenvalue weighted by Gasteiger charge is 2.48. The molecule has 2 aromatic carbocycles. The van der Waals surface area contributed by atoms with Crippen molar-refractivity contribution >= 4 is 22.5 Å². The van der Waals surface area contributed by atoms with Crippen molar-refractivity contribution in [2.24, 2.45) is 16.3 Å². The number of aliphatic imine (C=N–C) groups is 1. The highest BCUT2D eigenvalue weighted by Crippen LogP contribution is 2.46. The Balaban J connectivity index is 1.94. The molecule has 2 heterocycles. The van der Waals surface area contributed by atoms with E-state index in [1.165, 1.54) is 32.1 Å². The number of amides is 1. The van der Waals surface area contributed by atoms with Crippen molar-refractivity contribution in [1.29, 1.82) is 10.5 Å². The van der Waals surface area contributed by atoms with E-state index in [-0.39, 0.29) is 5.91 Å². The normalized spacial score (nSPS) is 16.6. The van der Waals surface area contributed by atoms with Crippen molar-refractivity contribution in [2.75, 3.05) is 0 Å². The molecule has 1 aliphatic rings. The first kappa shape index (κ1) is 28.1. The van der Waals surface area contributed by atoms with Crippen LogP contribution in [0.25, 0.3) is 10.9 Å². The van der Waals surface area contributed by atoms with Gasteiger partial charge in [0.2, 0.25) is 5.91 Å². The van der Waals surface area contributed by atoms with Gasteiger partial charge in [0, 0.05) is 45.2 Å². The maximum atomic E-state index is 13.7. The number of aryl methyl sites for hydroxylation is 1. The molecule has 0 radical (unpaired) electrons. The third kappa shape index (κ3) is 5.21. The number of nitrogens with zero attached hydrogens (tertiary/aromatic N) is 4. The van der Waals surface area contributed by atoms with E-state index >= 15 is 0 Å². The summed E-state index contributed by atoms with van der Waals surface area (Å²) in [6.45, 7) is 10.8. The molecule has 0 fully saturated rings. The fourth-order valence-corrected chi connectivity index (χ4v) is 5.62. The molecular weight excluding hydrogens is 482 g/mol. The van der Waals surface area contributed by atoms with Crippen LogP contribution in [0.4, 0.5) is 0 Å². The summed E-state index contributed by atoms with van der Waals surface area (Å²) in [5.41, 5.74) is 3.03. The average molecular weight is 522 g/mol. The average Bonchev–Trinajstić information content (AvgIpc) is 3.39. The van der Waals surface area contributed by atoms with Crippen LogP contribution in [-0.2, 0) is 17.0 Å². The Morgan fingerprint density at radius 2 is 1.64 bits per heavy atom. The van der Waals surface area contributed by atoms with Gasteiger partial charge in [-0.1, -0.05) is 102 Å². The number of nitrogens with one attached hydrogen (secondary N) is 1. The van der Waals surface area contributed by atoms with Gasteiger partial charge in [0.1, 0.15) is 0 Å². The Hall–Kier alpha value is -3.90. The Kier molecular flexibility index (Phi) is 8.26. The molecule has 1 atom stereocenters. The summed E-state index contributed by atoms with van der Waals surface area (Å²) in [5.74, 6) is -1.20. The largest absolute Gasteiger partial charge is 0.344 e. The maximum Gasteiger partial charge on any atom is 0.227 e. The summed E-state index contributed by atoms with van der Waals surface area (Å²) in [5, 5.41) is 24.0. The third-order valence-corrected chi connectivity index (χ3v) is 7.72. The van der Waals surface area contributed by atoms with Crippen molar-refractivity contribution in [3.63, 3.8) is 0 Å². The molecule has 0 saturated heterocycles. The molecule has 0 saturated carbocycles. The van der Waals surface area contributed by atoms with Gasteiger partial charge >= 0.3 is 0 Å². The van der Waals surface area contributed by atoms with Crippen LogP contribution in [0.1, 0.15) is 88.6 Å². The lowest BCUT2D eigenvalue weighted by atomic mass is 9.85. The monoisotopic (exact) mass is 521 g/mol. The molecule has 6 nitrogen and oxygen atoms in total. The van der Waals surface area contributed by atoms with E-state index in [2.05, 4.69) is 48.0 Å². The second-order valence-electron chi connectivity index (χ2n) is 11.5. The summed E-state index contributed by atoms with van der Waals surface area (Å²) in [4.78, 5) is 18.8. The Labute approximate surface area is 232 Å². The van der Waals surface area contributed by atoms with Gasteiger partial charge in [-0.05, 0) is 19.4 Å². The fraction of sp³-hybridized carbons (Fsp3) is 0.455. The Morgan fingerprint density at radius 1 is 1.00 bits per heavy atom. The van der Waals surface area contributed by atoms with Crippen LogP contribution in [0.2, 0.25) is 0 Å². The number of unbranched alkanes of at least 4 members (excludes halogenated alkanes) is 5. The molecule has 0 aliphatic carbocycles. The standard InChI is InChI=1S/C33H39N5O/c1-6-7-8-9-10-15-20-38-23(2)29(26-17-12-14-19-28(26)38)33(37-31(39)32(3,4)5)27-18-13-11-16-25(27)30(36-33)24(21-34)22-35/h11-14,16-19,24H,6-10,15,20H2,1-5H3,(H,37,39). The highest BCUT2D eigenvalue weighted by atomic mass is 16.2. The minimum Gasteiger partial charge on any atom is -0.344 e. The van der Waals surface area contributed by atoms with E-state index in [4.69, 9.17) is 4.99 Å². The Morgan fingerprint density at radius 3 is 2.33 bits per heavy atom. The van der Waals surface area contributed by atoms with Gasteiger partial charge in [-0.15, -0.1) is 0 Å². The number of fused-ring (bicyclic) bond motifs is 2. The molecule has 0 spiro atoms. The van der Waals surface area contributed by atoms with Gasteiger partial charge in [-0.25, -0.2) is 4.99 Å². The first-order valence-electron chi connectivity index (χ1n) is 14.1. The summed E-state index contributed by atoms with van der Waals surface area (Å²) < 4.78 is 2.34. The quantitative estimate of drug-likeness (QED) is 0.287. The van der Waals surface area contributed by atoms with E-state index in [0.29, 0.717) is 5.71 Å². The number of carbonyl (C=O) groups excluding carboxylic acids is 1. The number of rotatable bonds is 10. The smallest absolute Gasteiger partial charge is 0.227 e. The highest BCUT2D eigenvalue weighted by molar-refractivity contribution is 6.10. The molecule has 3 aromatic rings. The van der Waals surface area contributed by atoms with Crippen LogP contribution in [0, 0.1) is 40.9 Å². The second kappa shape index (κ2) is 11.5. The van der Waals surface area contributed by atoms with Crippen LogP contribution < -0.4 is 5.32 Å². The van der Waals surface area contributed by atoms with Crippen LogP contribution >= 0.6 is 0 Å². The summed E-state index contributed by atoms with van der Waals surface area (Å²) >= 11 is 0. The van der Waals surface area contributed by atoms with Gasteiger partial charge < -0.3 is 9.88 Å². The SMILES string of the molecule is CCCCCCCCn1c(C)c(C2(NC(=O)C(C)(C)C)N=C(C(C#N)C#N)c3ccccc32)c2ccccc21. The number of carbonyl (C=O) groups is 1. The van der Waals surface area contributed by atoms with E-state index in [9.17, 15) is 15.3 Å². The lowest BCUT2D eigenvalue weighted by Crippen LogP contribution is -2.49. The van der Waals surface area contributed by atoms with Crippen molar-refractivity contribution < 1.29 is 4.79 Å². The zero-order valence-electron chi connectivity index (χ0n) is 23.8. The summed E-state index contributed by atoms with van der Waals surface area (Å²) in [6.07, 6.45) is 7.25. The van der Waals surface area contributed by atoms with Crippen molar-refractivity contribution in [1.82, 2.24) is 9.88 Å². The van der Waals surface area contributed by atoms with Crippen LogP contribution in [0.15, 0.2) is 53.5 Å². The third-order valence-electron chi connectivity index (χ3n) is 7.72.